The van der Waals surface area contributed by atoms with Crippen molar-refractivity contribution in [3.63, 3.8) is 0 Å². The zero-order valence-corrected chi connectivity index (χ0v) is 12.0. The second-order valence-electron chi connectivity index (χ2n) is 4.76. The molecule has 2 rings (SSSR count). The molecule has 0 spiro atoms. The van der Waals surface area contributed by atoms with Crippen molar-refractivity contribution in [3.8, 4) is 0 Å². The summed E-state index contributed by atoms with van der Waals surface area (Å²) < 4.78 is 10.3. The van der Waals surface area contributed by atoms with E-state index in [1.807, 2.05) is 6.92 Å². The highest BCUT2D eigenvalue weighted by atomic mass is 16.6. The SMILES string of the molecule is CCCCCOC(=O)c1cc(=O)c2ccc([N+](=O)[O-])cc2o1. The highest BCUT2D eigenvalue weighted by molar-refractivity contribution is 5.89. The number of rotatable bonds is 6. The molecule has 7 heteroatoms. The van der Waals surface area contributed by atoms with Crippen LogP contribution in [-0.4, -0.2) is 17.5 Å². The van der Waals surface area contributed by atoms with Crippen molar-refractivity contribution in [2.24, 2.45) is 0 Å². The number of unbranched alkanes of at least 4 members (excludes halogenated alkanes) is 2. The van der Waals surface area contributed by atoms with Crippen molar-refractivity contribution in [2.45, 2.75) is 26.2 Å². The van der Waals surface area contributed by atoms with Crippen LogP contribution in [0.4, 0.5) is 5.69 Å². The van der Waals surface area contributed by atoms with Crippen molar-refractivity contribution in [1.29, 1.82) is 0 Å². The van der Waals surface area contributed by atoms with E-state index in [1.165, 1.54) is 12.1 Å². The molecule has 0 aliphatic carbocycles. The Morgan fingerprint density at radius 2 is 2.09 bits per heavy atom. The lowest BCUT2D eigenvalue weighted by Crippen LogP contribution is -2.11. The van der Waals surface area contributed by atoms with Gasteiger partial charge in [-0.2, -0.15) is 0 Å². The van der Waals surface area contributed by atoms with E-state index in [0.717, 1.165) is 31.4 Å². The average Bonchev–Trinajstić information content (AvgIpc) is 2.50. The predicted octanol–water partition coefficient (Wildman–Crippen LogP) is 3.05. The van der Waals surface area contributed by atoms with Gasteiger partial charge in [0.25, 0.3) is 5.69 Å². The number of nitrogens with zero attached hydrogens (tertiary/aromatic N) is 1. The fraction of sp³-hybridized carbons (Fsp3) is 0.333. The summed E-state index contributed by atoms with van der Waals surface area (Å²) in [5, 5.41) is 10.9. The number of esters is 1. The van der Waals surface area contributed by atoms with Crippen LogP contribution in [0.3, 0.4) is 0 Å². The highest BCUT2D eigenvalue weighted by Gasteiger charge is 2.16. The summed E-state index contributed by atoms with van der Waals surface area (Å²) in [5.74, 6) is -1.00. The van der Waals surface area contributed by atoms with Crippen LogP contribution >= 0.6 is 0 Å². The number of non-ortho nitro benzene ring substituents is 1. The lowest BCUT2D eigenvalue weighted by molar-refractivity contribution is -0.384. The summed E-state index contributed by atoms with van der Waals surface area (Å²) in [6, 6.07) is 4.67. The van der Waals surface area contributed by atoms with Gasteiger partial charge in [-0.05, 0) is 12.5 Å². The van der Waals surface area contributed by atoms with Gasteiger partial charge in [-0.3, -0.25) is 14.9 Å². The Morgan fingerprint density at radius 3 is 2.77 bits per heavy atom. The number of carbonyl (C=O) groups is 1. The Kier molecular flexibility index (Phi) is 4.88. The van der Waals surface area contributed by atoms with Gasteiger partial charge in [-0.15, -0.1) is 0 Å². The smallest absolute Gasteiger partial charge is 0.374 e. The molecule has 0 saturated heterocycles. The third-order valence-electron chi connectivity index (χ3n) is 3.11. The van der Waals surface area contributed by atoms with Gasteiger partial charge in [-0.25, -0.2) is 4.79 Å². The van der Waals surface area contributed by atoms with Crippen LogP contribution in [0.1, 0.15) is 36.7 Å². The molecule has 0 N–H and O–H groups in total. The van der Waals surface area contributed by atoms with Gasteiger partial charge in [0.2, 0.25) is 5.76 Å². The van der Waals surface area contributed by atoms with Crippen molar-refractivity contribution in [3.05, 3.63) is 50.4 Å². The van der Waals surface area contributed by atoms with Crippen molar-refractivity contribution < 1.29 is 18.9 Å². The number of fused-ring (bicyclic) bond motifs is 1. The molecule has 2 aromatic rings. The summed E-state index contributed by atoms with van der Waals surface area (Å²) in [6.45, 7) is 2.26. The Morgan fingerprint density at radius 1 is 1.32 bits per heavy atom. The van der Waals surface area contributed by atoms with E-state index in [2.05, 4.69) is 0 Å². The van der Waals surface area contributed by atoms with Gasteiger partial charge in [0, 0.05) is 12.1 Å². The lowest BCUT2D eigenvalue weighted by Gasteiger charge is -2.04. The van der Waals surface area contributed by atoms with Crippen LogP contribution in [0.5, 0.6) is 0 Å². The summed E-state index contributed by atoms with van der Waals surface area (Å²) in [5.41, 5.74) is -0.678. The first-order valence-corrected chi connectivity index (χ1v) is 6.92. The molecule has 0 fully saturated rings. The molecule has 1 heterocycles. The first-order chi connectivity index (χ1) is 10.5. The van der Waals surface area contributed by atoms with E-state index in [1.54, 1.807) is 0 Å². The average molecular weight is 305 g/mol. The second kappa shape index (κ2) is 6.84. The van der Waals surface area contributed by atoms with E-state index >= 15 is 0 Å². The number of hydrogen-bond acceptors (Lipinski definition) is 6. The van der Waals surface area contributed by atoms with E-state index in [-0.39, 0.29) is 29.0 Å². The quantitative estimate of drug-likeness (QED) is 0.352. The predicted molar refractivity (Wildman–Crippen MR) is 78.9 cm³/mol. The molecule has 0 saturated carbocycles. The van der Waals surface area contributed by atoms with Gasteiger partial charge in [0.15, 0.2) is 5.43 Å². The number of nitro groups is 1. The molecule has 22 heavy (non-hydrogen) atoms. The van der Waals surface area contributed by atoms with Gasteiger partial charge in [0.1, 0.15) is 5.58 Å². The minimum Gasteiger partial charge on any atom is -0.460 e. The Balaban J connectivity index is 2.29. The molecule has 7 nitrogen and oxygen atoms in total. The molecule has 0 bridgehead atoms. The van der Waals surface area contributed by atoms with E-state index in [4.69, 9.17) is 9.15 Å². The van der Waals surface area contributed by atoms with Gasteiger partial charge in [-0.1, -0.05) is 19.8 Å². The molecule has 0 unspecified atom stereocenters. The summed E-state index contributed by atoms with van der Waals surface area (Å²) >= 11 is 0. The third-order valence-corrected chi connectivity index (χ3v) is 3.11. The van der Waals surface area contributed by atoms with Gasteiger partial charge >= 0.3 is 5.97 Å². The van der Waals surface area contributed by atoms with Crippen LogP contribution in [0.15, 0.2) is 33.5 Å². The number of hydrogen-bond donors (Lipinski definition) is 0. The zero-order valence-electron chi connectivity index (χ0n) is 12.0. The van der Waals surface area contributed by atoms with Crippen LogP contribution < -0.4 is 5.43 Å². The zero-order chi connectivity index (χ0) is 16.1. The molecule has 1 aromatic carbocycles. The van der Waals surface area contributed by atoms with Crippen LogP contribution in [-0.2, 0) is 4.74 Å². The Labute approximate surface area is 125 Å². The number of nitro benzene ring substituents is 1. The minimum absolute atomic E-state index is 0.0118. The molecule has 0 aliphatic rings. The fourth-order valence-electron chi connectivity index (χ4n) is 1.95. The van der Waals surface area contributed by atoms with Crippen LogP contribution in [0.25, 0.3) is 11.0 Å². The molecule has 0 aliphatic heterocycles. The normalized spacial score (nSPS) is 10.6. The maximum Gasteiger partial charge on any atom is 0.374 e. The monoisotopic (exact) mass is 305 g/mol. The second-order valence-corrected chi connectivity index (χ2v) is 4.76. The van der Waals surface area contributed by atoms with E-state index in [9.17, 15) is 19.7 Å². The lowest BCUT2D eigenvalue weighted by atomic mass is 10.2. The molecular formula is C15H15NO6. The van der Waals surface area contributed by atoms with Crippen molar-refractivity contribution in [1.82, 2.24) is 0 Å². The van der Waals surface area contributed by atoms with E-state index < -0.39 is 16.3 Å². The third kappa shape index (κ3) is 3.49. The topological polar surface area (TPSA) is 99.7 Å². The van der Waals surface area contributed by atoms with Crippen molar-refractivity contribution >= 4 is 22.6 Å². The largest absolute Gasteiger partial charge is 0.460 e. The molecule has 0 atom stereocenters. The fourth-order valence-corrected chi connectivity index (χ4v) is 1.95. The first kappa shape index (κ1) is 15.7. The standard InChI is InChI=1S/C15H15NO6/c1-2-3-4-7-21-15(18)14-9-12(17)11-6-5-10(16(19)20)8-13(11)22-14/h5-6,8-9H,2-4,7H2,1H3. The van der Waals surface area contributed by atoms with Crippen LogP contribution in [0, 0.1) is 10.1 Å². The molecule has 1 aromatic heterocycles. The molecular weight excluding hydrogens is 290 g/mol. The van der Waals surface area contributed by atoms with Crippen molar-refractivity contribution in [2.75, 3.05) is 6.61 Å². The molecule has 0 amide bonds. The molecule has 116 valence electrons. The highest BCUT2D eigenvalue weighted by Crippen LogP contribution is 2.19. The maximum atomic E-state index is 11.9. The first-order valence-electron chi connectivity index (χ1n) is 6.92. The minimum atomic E-state index is -0.749. The summed E-state index contributed by atoms with van der Waals surface area (Å²) in [6.07, 6.45) is 2.65. The molecule has 0 radical (unpaired) electrons. The Hall–Kier alpha value is -2.70. The van der Waals surface area contributed by atoms with Gasteiger partial charge < -0.3 is 9.15 Å². The number of ether oxygens (including phenoxy) is 1. The maximum absolute atomic E-state index is 11.9. The number of benzene rings is 1. The summed E-state index contributed by atoms with van der Waals surface area (Å²) in [7, 11) is 0. The van der Waals surface area contributed by atoms with E-state index in [0.29, 0.717) is 0 Å². The number of carbonyl (C=O) groups excluding carboxylic acids is 1. The Bertz CT molecular complexity index is 764. The van der Waals surface area contributed by atoms with Crippen LogP contribution in [0.2, 0.25) is 0 Å². The summed E-state index contributed by atoms with van der Waals surface area (Å²) in [4.78, 5) is 33.9. The van der Waals surface area contributed by atoms with Gasteiger partial charge in [0.05, 0.1) is 23.0 Å².